The summed E-state index contributed by atoms with van der Waals surface area (Å²) in [4.78, 5) is 47.8. The Morgan fingerprint density at radius 3 is 2.00 bits per heavy atom. The number of hydrogen-bond donors (Lipinski definition) is 4. The Hall–Kier alpha value is -4.11. The molecule has 0 aromatic heterocycles. The summed E-state index contributed by atoms with van der Waals surface area (Å²) in [5, 5.41) is 23.7. The first kappa shape index (κ1) is 22.6. The fourth-order valence-corrected chi connectivity index (χ4v) is 3.45. The zero-order valence-electron chi connectivity index (χ0n) is 16.6. The molecule has 0 unspecified atom stereocenters. The molecule has 0 spiro atoms. The zero-order chi connectivity index (χ0) is 23.1. The number of carbonyl (C=O) groups excluding carboxylic acids is 2. The van der Waals surface area contributed by atoms with Crippen molar-refractivity contribution in [1.82, 2.24) is 0 Å². The van der Waals surface area contributed by atoms with Crippen molar-refractivity contribution < 1.29 is 29.4 Å². The third-order valence-corrected chi connectivity index (χ3v) is 5.29. The number of amides is 2. The fourth-order valence-electron chi connectivity index (χ4n) is 2.75. The van der Waals surface area contributed by atoms with Gasteiger partial charge in [-0.3, -0.25) is 9.59 Å². The number of nitrogens with one attached hydrogen (secondary N) is 2. The van der Waals surface area contributed by atoms with Gasteiger partial charge in [0.05, 0.1) is 22.4 Å². The van der Waals surface area contributed by atoms with Gasteiger partial charge in [-0.05, 0) is 54.6 Å². The number of para-hydroxylation sites is 1. The molecular formula is C23H18N2O6S. The van der Waals surface area contributed by atoms with E-state index in [2.05, 4.69) is 10.6 Å². The summed E-state index contributed by atoms with van der Waals surface area (Å²) in [5.74, 6) is -3.31. The van der Waals surface area contributed by atoms with Crippen molar-refractivity contribution in [3.05, 3.63) is 89.5 Å². The number of anilines is 2. The van der Waals surface area contributed by atoms with E-state index in [0.29, 0.717) is 11.4 Å². The van der Waals surface area contributed by atoms with Gasteiger partial charge in [0, 0.05) is 16.3 Å². The first-order valence-electron chi connectivity index (χ1n) is 9.33. The largest absolute Gasteiger partial charge is 0.478 e. The molecule has 0 saturated carbocycles. The minimum absolute atomic E-state index is 0.149. The quantitative estimate of drug-likeness (QED) is 0.380. The second-order valence-electron chi connectivity index (χ2n) is 6.55. The molecule has 3 rings (SSSR count). The van der Waals surface area contributed by atoms with Gasteiger partial charge in [0.2, 0.25) is 5.91 Å². The molecule has 0 bridgehead atoms. The van der Waals surface area contributed by atoms with Gasteiger partial charge in [0.1, 0.15) is 0 Å². The molecule has 0 aliphatic carbocycles. The van der Waals surface area contributed by atoms with Crippen molar-refractivity contribution in [3.63, 3.8) is 0 Å². The summed E-state index contributed by atoms with van der Waals surface area (Å²) in [5.41, 5.74) is 0.356. The number of hydrogen-bond acceptors (Lipinski definition) is 5. The number of carbonyl (C=O) groups is 4. The number of rotatable bonds is 8. The highest BCUT2D eigenvalue weighted by atomic mass is 32.2. The van der Waals surface area contributed by atoms with Crippen LogP contribution >= 0.6 is 11.8 Å². The van der Waals surface area contributed by atoms with E-state index in [4.69, 9.17) is 5.11 Å². The van der Waals surface area contributed by atoms with Gasteiger partial charge in [0.15, 0.2) is 0 Å². The standard InChI is InChI=1S/C23H18N2O6S/c26-20(24-15-4-2-1-3-5-15)13-32-17-9-7-16(8-10-17)25-21(27)18-11-6-14(22(28)29)12-19(18)23(30)31/h1-12H,13H2,(H,24,26)(H,25,27)(H,28,29)(H,30,31). The minimum atomic E-state index is -1.40. The van der Waals surface area contributed by atoms with Crippen molar-refractivity contribution in [3.8, 4) is 0 Å². The predicted molar refractivity (Wildman–Crippen MR) is 121 cm³/mol. The van der Waals surface area contributed by atoms with Gasteiger partial charge in [-0.1, -0.05) is 18.2 Å². The van der Waals surface area contributed by atoms with Crippen LogP contribution in [0.15, 0.2) is 77.7 Å². The summed E-state index contributed by atoms with van der Waals surface area (Å²) in [6.07, 6.45) is 0. The Labute approximate surface area is 187 Å². The molecule has 3 aromatic rings. The van der Waals surface area contributed by atoms with Crippen LogP contribution < -0.4 is 10.6 Å². The van der Waals surface area contributed by atoms with Gasteiger partial charge in [-0.15, -0.1) is 11.8 Å². The maximum Gasteiger partial charge on any atom is 0.336 e. The van der Waals surface area contributed by atoms with Crippen LogP contribution in [0.3, 0.4) is 0 Å². The van der Waals surface area contributed by atoms with E-state index in [-0.39, 0.29) is 22.8 Å². The molecule has 0 radical (unpaired) electrons. The summed E-state index contributed by atoms with van der Waals surface area (Å²) in [6, 6.07) is 19.1. The molecule has 9 heteroatoms. The van der Waals surface area contributed by atoms with Gasteiger partial charge >= 0.3 is 11.9 Å². The number of aromatic carboxylic acids is 2. The van der Waals surface area contributed by atoms with Crippen LogP contribution in [0.4, 0.5) is 11.4 Å². The van der Waals surface area contributed by atoms with Crippen LogP contribution in [-0.2, 0) is 4.79 Å². The van der Waals surface area contributed by atoms with Gasteiger partial charge in [0.25, 0.3) is 5.91 Å². The van der Waals surface area contributed by atoms with E-state index in [0.717, 1.165) is 17.0 Å². The first-order chi connectivity index (χ1) is 15.3. The van der Waals surface area contributed by atoms with Crippen molar-refractivity contribution in [2.24, 2.45) is 0 Å². The second kappa shape index (κ2) is 10.3. The van der Waals surface area contributed by atoms with E-state index in [1.807, 2.05) is 18.2 Å². The van der Waals surface area contributed by atoms with Gasteiger partial charge in [-0.25, -0.2) is 9.59 Å². The molecular weight excluding hydrogens is 432 g/mol. The van der Waals surface area contributed by atoms with Crippen LogP contribution in [0.2, 0.25) is 0 Å². The summed E-state index contributed by atoms with van der Waals surface area (Å²) in [7, 11) is 0. The lowest BCUT2D eigenvalue weighted by atomic mass is 10.0. The van der Waals surface area contributed by atoms with Crippen LogP contribution in [0.5, 0.6) is 0 Å². The maximum absolute atomic E-state index is 12.5. The molecule has 0 fully saturated rings. The van der Waals surface area contributed by atoms with E-state index >= 15 is 0 Å². The fraction of sp³-hybridized carbons (Fsp3) is 0.0435. The number of benzene rings is 3. The Morgan fingerprint density at radius 1 is 0.719 bits per heavy atom. The molecule has 0 saturated heterocycles. The van der Waals surface area contributed by atoms with Crippen LogP contribution in [0, 0.1) is 0 Å². The second-order valence-corrected chi connectivity index (χ2v) is 7.60. The highest BCUT2D eigenvalue weighted by molar-refractivity contribution is 8.00. The highest BCUT2D eigenvalue weighted by Gasteiger charge is 2.19. The molecule has 2 amide bonds. The summed E-state index contributed by atoms with van der Waals surface area (Å²) >= 11 is 1.32. The number of carboxylic acids is 2. The van der Waals surface area contributed by atoms with Crippen molar-refractivity contribution in [2.45, 2.75) is 4.90 Å². The molecule has 0 aliphatic rings. The number of carboxylic acid groups (broad SMARTS) is 2. The minimum Gasteiger partial charge on any atom is -0.478 e. The summed E-state index contributed by atoms with van der Waals surface area (Å²) < 4.78 is 0. The Morgan fingerprint density at radius 2 is 1.38 bits per heavy atom. The van der Waals surface area contributed by atoms with Crippen LogP contribution in [-0.4, -0.2) is 39.7 Å². The average Bonchev–Trinajstić information content (AvgIpc) is 2.78. The molecule has 0 atom stereocenters. The predicted octanol–water partition coefficient (Wildman–Crippen LogP) is 4.07. The van der Waals surface area contributed by atoms with Crippen LogP contribution in [0.25, 0.3) is 0 Å². The van der Waals surface area contributed by atoms with Crippen molar-refractivity contribution in [1.29, 1.82) is 0 Å². The maximum atomic E-state index is 12.5. The van der Waals surface area contributed by atoms with Gasteiger partial charge < -0.3 is 20.8 Å². The number of thioether (sulfide) groups is 1. The van der Waals surface area contributed by atoms with Gasteiger partial charge in [-0.2, -0.15) is 0 Å². The lowest BCUT2D eigenvalue weighted by Crippen LogP contribution is -2.17. The molecule has 0 heterocycles. The lowest BCUT2D eigenvalue weighted by molar-refractivity contribution is -0.113. The average molecular weight is 450 g/mol. The molecule has 162 valence electrons. The summed E-state index contributed by atoms with van der Waals surface area (Å²) in [6.45, 7) is 0. The van der Waals surface area contributed by atoms with E-state index in [1.165, 1.54) is 17.8 Å². The molecule has 3 aromatic carbocycles. The molecule has 0 aliphatic heterocycles. The Bertz CT molecular complexity index is 1160. The third kappa shape index (κ3) is 5.96. The molecule has 4 N–H and O–H groups in total. The van der Waals surface area contributed by atoms with E-state index in [9.17, 15) is 24.3 Å². The third-order valence-electron chi connectivity index (χ3n) is 4.28. The van der Waals surface area contributed by atoms with E-state index < -0.39 is 23.4 Å². The Balaban J connectivity index is 1.61. The lowest BCUT2D eigenvalue weighted by Gasteiger charge is -2.09. The molecule has 8 nitrogen and oxygen atoms in total. The van der Waals surface area contributed by atoms with Crippen LogP contribution in [0.1, 0.15) is 31.1 Å². The van der Waals surface area contributed by atoms with Crippen molar-refractivity contribution >= 4 is 46.9 Å². The first-order valence-corrected chi connectivity index (χ1v) is 10.3. The SMILES string of the molecule is O=C(CSc1ccc(NC(=O)c2ccc(C(=O)O)cc2C(=O)O)cc1)Nc1ccccc1. The zero-order valence-corrected chi connectivity index (χ0v) is 17.4. The van der Waals surface area contributed by atoms with E-state index in [1.54, 1.807) is 36.4 Å². The Kier molecular flexibility index (Phi) is 7.25. The van der Waals surface area contributed by atoms with Crippen molar-refractivity contribution in [2.75, 3.05) is 16.4 Å². The normalized spacial score (nSPS) is 10.2. The molecule has 32 heavy (non-hydrogen) atoms. The highest BCUT2D eigenvalue weighted by Crippen LogP contribution is 2.22. The topological polar surface area (TPSA) is 133 Å². The smallest absolute Gasteiger partial charge is 0.336 e. The monoisotopic (exact) mass is 450 g/mol.